The molecule has 4 aliphatic rings. The average molecular weight is 1570 g/mol. The minimum absolute atomic E-state index is 0.164. The van der Waals surface area contributed by atoms with Gasteiger partial charge in [-0.2, -0.15) is 0 Å². The summed E-state index contributed by atoms with van der Waals surface area (Å²) in [6.45, 7) is 35.0. The zero-order valence-electron chi connectivity index (χ0n) is 64.5. The van der Waals surface area contributed by atoms with Crippen LogP contribution in [0.1, 0.15) is 105 Å². The van der Waals surface area contributed by atoms with Crippen LogP contribution in [0.4, 0.5) is 22.7 Å². The van der Waals surface area contributed by atoms with Crippen LogP contribution in [0, 0.1) is 55.4 Å². The van der Waals surface area contributed by atoms with Crippen LogP contribution in [0.25, 0.3) is 0 Å². The monoisotopic (exact) mass is 1560 g/mol. The standard InChI is InChI=1S/C22H28ClN3O2.C22H27ClN2O2.C21H26ClN3O2.C21H25ClN2O3/c1-16-5-4-6-20(28-14-13-26-11-9-25(3)10-12-26)21(16)22(27)24-18-7-8-19(23)17(2)15-18;1-16-7-6-8-20(27-14-13-25-11-4-3-5-12-25)21(16)22(26)24-18-9-10-19(23)17(2)15-18;1-15-4-3-5-19(27-13-12-25-10-8-23-9-11-25)20(15)21(26)24-17-6-7-18(22)16(2)14-17;1-15-4-3-5-19(27-13-10-24-8-11-26-12-9-24)20(15)21(25)23-17-6-7-18(22)16(2)14-17/h4-8,15H,9-14H2,1-3H3,(H,24,27);6-10,15H,3-5,11-14H2,1-2H3,(H,24,26);3-7,14,23H,8-13H2,1-2H3,(H,24,26);3-7,14H,8-13H2,1-2H3,(H,23,25). The van der Waals surface area contributed by atoms with Gasteiger partial charge in [0.1, 0.15) is 49.4 Å². The first-order valence-electron chi connectivity index (χ1n) is 37.6. The van der Waals surface area contributed by atoms with Gasteiger partial charge in [0.05, 0.1) is 35.5 Å². The highest BCUT2D eigenvalue weighted by Gasteiger charge is 2.23. The molecule has 4 aliphatic heterocycles. The van der Waals surface area contributed by atoms with E-state index in [4.69, 9.17) is 70.1 Å². The SMILES string of the molecule is Cc1cc(NC(=O)c2c(C)cccc2OCCN2CCCCC2)ccc1Cl.Cc1cc(NC(=O)c2c(C)cccc2OCCN2CCN(C)CC2)ccc1Cl.Cc1cc(NC(=O)c2c(C)cccc2OCCN2CCNCC2)ccc1Cl.Cc1cc(NC(=O)c2c(C)cccc2OCCN2CCOCC2)ccc1Cl. The van der Waals surface area contributed by atoms with E-state index in [1.54, 1.807) is 42.5 Å². The molecule has 0 aliphatic carbocycles. The van der Waals surface area contributed by atoms with E-state index in [1.165, 1.54) is 19.3 Å². The van der Waals surface area contributed by atoms with Crippen molar-refractivity contribution in [1.82, 2.24) is 29.8 Å². The first kappa shape index (κ1) is 84.7. The number of aryl methyl sites for hydroxylation is 8. The molecule has 0 saturated carbocycles. The maximum absolute atomic E-state index is 12.9. The summed E-state index contributed by atoms with van der Waals surface area (Å²) in [4.78, 5) is 63.4. The van der Waals surface area contributed by atoms with Crippen LogP contribution in [-0.2, 0) is 4.74 Å². The van der Waals surface area contributed by atoms with Crippen molar-refractivity contribution in [3.63, 3.8) is 0 Å². The molecular weight excluding hydrogens is 1460 g/mol. The number of amides is 4. The molecule has 0 aromatic heterocycles. The molecule has 8 aromatic carbocycles. The second kappa shape index (κ2) is 43.4. The van der Waals surface area contributed by atoms with Crippen molar-refractivity contribution in [2.45, 2.75) is 74.7 Å². The number of hydrogen-bond acceptors (Lipinski definition) is 15. The maximum Gasteiger partial charge on any atom is 0.259 e. The van der Waals surface area contributed by atoms with Crippen LogP contribution in [0.5, 0.6) is 23.0 Å². The molecule has 19 nitrogen and oxygen atoms in total. The van der Waals surface area contributed by atoms with Gasteiger partial charge in [-0.3, -0.25) is 38.8 Å². The molecule has 5 N–H and O–H groups in total. The fourth-order valence-electron chi connectivity index (χ4n) is 13.0. The number of nitrogens with zero attached hydrogens (tertiary/aromatic N) is 5. The van der Waals surface area contributed by atoms with Gasteiger partial charge in [-0.1, -0.05) is 101 Å². The smallest absolute Gasteiger partial charge is 0.259 e. The second-order valence-corrected chi connectivity index (χ2v) is 29.6. The third kappa shape index (κ3) is 26.5. The molecule has 0 unspecified atom stereocenters. The molecule has 0 spiro atoms. The number of morpholine rings is 1. The van der Waals surface area contributed by atoms with Crippen molar-refractivity contribution in [1.29, 1.82) is 0 Å². The topological polar surface area (TPSA) is 191 Å². The molecule has 12 rings (SSSR count). The van der Waals surface area contributed by atoms with Gasteiger partial charge in [-0.15, -0.1) is 0 Å². The molecule has 0 bridgehead atoms. The number of benzene rings is 8. The molecule has 4 amide bonds. The highest BCUT2D eigenvalue weighted by molar-refractivity contribution is 6.32. The summed E-state index contributed by atoms with van der Waals surface area (Å²) in [6.07, 6.45) is 3.85. The first-order chi connectivity index (χ1) is 52.6. The Morgan fingerprint density at radius 3 is 0.917 bits per heavy atom. The fourth-order valence-corrected chi connectivity index (χ4v) is 13.5. The Bertz CT molecular complexity index is 4010. The molecular formula is C86H106Cl4N10O9. The van der Waals surface area contributed by atoms with Gasteiger partial charge in [-0.05, 0) is 230 Å². The van der Waals surface area contributed by atoms with Crippen molar-refractivity contribution in [3.05, 3.63) is 232 Å². The number of likely N-dealkylation sites (N-methyl/N-ethyl adjacent to an activating group) is 1. The van der Waals surface area contributed by atoms with Crippen LogP contribution < -0.4 is 45.5 Å². The lowest BCUT2D eigenvalue weighted by Crippen LogP contribution is -2.45. The summed E-state index contributed by atoms with van der Waals surface area (Å²) < 4.78 is 29.3. The average Bonchev–Trinajstić information content (AvgIpc) is 0.838. The highest BCUT2D eigenvalue weighted by Crippen LogP contribution is 2.31. The minimum atomic E-state index is -0.184. The van der Waals surface area contributed by atoms with Gasteiger partial charge in [0.2, 0.25) is 0 Å². The van der Waals surface area contributed by atoms with Crippen LogP contribution in [0.15, 0.2) is 146 Å². The fraction of sp³-hybridized carbons (Fsp3) is 0.395. The lowest BCUT2D eigenvalue weighted by Gasteiger charge is -2.32. The molecule has 0 radical (unpaired) electrons. The summed E-state index contributed by atoms with van der Waals surface area (Å²) in [5.74, 6) is 1.78. The van der Waals surface area contributed by atoms with E-state index >= 15 is 0 Å². The summed E-state index contributed by atoms with van der Waals surface area (Å²) in [7, 11) is 2.15. The van der Waals surface area contributed by atoms with E-state index in [0.717, 1.165) is 179 Å². The zero-order valence-corrected chi connectivity index (χ0v) is 67.5. The molecule has 23 heteroatoms. The molecule has 4 saturated heterocycles. The number of anilines is 4. The normalized spacial score (nSPS) is 14.9. The first-order valence-corrected chi connectivity index (χ1v) is 39.1. The largest absolute Gasteiger partial charge is 0.491 e. The molecule has 4 heterocycles. The second-order valence-electron chi connectivity index (χ2n) is 28.0. The molecule has 109 heavy (non-hydrogen) atoms. The van der Waals surface area contributed by atoms with Gasteiger partial charge in [0.15, 0.2) is 0 Å². The van der Waals surface area contributed by atoms with Gasteiger partial charge < -0.3 is 55.2 Å². The van der Waals surface area contributed by atoms with Crippen molar-refractivity contribution in [2.24, 2.45) is 0 Å². The number of ether oxygens (including phenoxy) is 5. The van der Waals surface area contributed by atoms with Gasteiger partial charge >= 0.3 is 0 Å². The Hall–Kier alpha value is -8.28. The van der Waals surface area contributed by atoms with E-state index in [9.17, 15) is 19.2 Å². The number of carbonyl (C=O) groups is 4. The van der Waals surface area contributed by atoms with Crippen molar-refractivity contribution in [3.8, 4) is 23.0 Å². The Kier molecular flexibility index (Phi) is 33.7. The van der Waals surface area contributed by atoms with E-state index in [2.05, 4.69) is 58.1 Å². The third-order valence-corrected chi connectivity index (χ3v) is 21.2. The molecule has 0 atom stereocenters. The number of nitrogens with one attached hydrogen (secondary N) is 5. The third-order valence-electron chi connectivity index (χ3n) is 19.5. The Labute approximate surface area is 664 Å². The number of halogens is 4. The van der Waals surface area contributed by atoms with E-state index in [1.807, 2.05) is 159 Å². The van der Waals surface area contributed by atoms with Crippen molar-refractivity contribution in [2.75, 3.05) is 173 Å². The number of carbonyl (C=O) groups excluding carboxylic acids is 4. The number of likely N-dealkylation sites (tertiary alicyclic amines) is 1. The summed E-state index contributed by atoms with van der Waals surface area (Å²) >= 11 is 24.3. The van der Waals surface area contributed by atoms with Crippen LogP contribution in [-0.4, -0.2) is 200 Å². The molecule has 8 aromatic rings. The van der Waals surface area contributed by atoms with Crippen LogP contribution >= 0.6 is 46.4 Å². The van der Waals surface area contributed by atoms with Crippen LogP contribution in [0.3, 0.4) is 0 Å². The van der Waals surface area contributed by atoms with Crippen LogP contribution in [0.2, 0.25) is 20.1 Å². The Morgan fingerprint density at radius 1 is 0.349 bits per heavy atom. The molecule has 582 valence electrons. The quantitative estimate of drug-likeness (QED) is 0.0384. The minimum Gasteiger partial charge on any atom is -0.491 e. The number of piperidine rings is 1. The predicted molar refractivity (Wildman–Crippen MR) is 444 cm³/mol. The highest BCUT2D eigenvalue weighted by atomic mass is 35.5. The lowest BCUT2D eigenvalue weighted by molar-refractivity contribution is 0.0322. The number of piperazine rings is 2. The van der Waals surface area contributed by atoms with Crippen molar-refractivity contribution < 1.29 is 42.9 Å². The van der Waals surface area contributed by atoms with E-state index in [-0.39, 0.29) is 23.6 Å². The predicted octanol–water partition coefficient (Wildman–Crippen LogP) is 16.3. The summed E-state index contributed by atoms with van der Waals surface area (Å²) in [6, 6.07) is 44.6. The van der Waals surface area contributed by atoms with Gasteiger partial charge in [0, 0.05) is 134 Å². The zero-order chi connectivity index (χ0) is 77.8. The van der Waals surface area contributed by atoms with Gasteiger partial charge in [-0.25, -0.2) is 0 Å². The maximum atomic E-state index is 12.9. The lowest BCUT2D eigenvalue weighted by atomic mass is 10.1. The van der Waals surface area contributed by atoms with Gasteiger partial charge in [0.25, 0.3) is 23.6 Å². The van der Waals surface area contributed by atoms with E-state index < -0.39 is 0 Å². The Balaban J connectivity index is 0.000000167. The molecule has 4 fully saturated rings. The Morgan fingerprint density at radius 2 is 0.624 bits per heavy atom. The summed E-state index contributed by atoms with van der Waals surface area (Å²) in [5.41, 5.74) is 12.4. The number of hydrogen-bond donors (Lipinski definition) is 5. The van der Waals surface area contributed by atoms with E-state index in [0.29, 0.717) is 97.5 Å². The summed E-state index contributed by atoms with van der Waals surface area (Å²) in [5, 5.41) is 17.9. The number of rotatable bonds is 24. The van der Waals surface area contributed by atoms with Crippen molar-refractivity contribution >= 4 is 92.8 Å².